The molecule has 0 amide bonds. The molecule has 11 heavy (non-hydrogen) atoms. The third-order valence-electron chi connectivity index (χ3n) is 1.71. The van der Waals surface area contributed by atoms with Gasteiger partial charge < -0.3 is 10.6 Å². The van der Waals surface area contributed by atoms with Crippen molar-refractivity contribution in [2.75, 3.05) is 19.4 Å². The van der Waals surface area contributed by atoms with Crippen LogP contribution in [-0.2, 0) is 6.54 Å². The third-order valence-corrected chi connectivity index (χ3v) is 1.71. The highest BCUT2D eigenvalue weighted by Gasteiger charge is 1.97. The molecule has 2 heteroatoms. The minimum atomic E-state index is 1.04. The molecular formula is C9H15N2+. The Kier molecular flexibility index (Phi) is 2.93. The molecule has 1 rings (SSSR count). The molecule has 1 aromatic rings. The van der Waals surface area contributed by atoms with Gasteiger partial charge in [0.05, 0.1) is 7.05 Å². The van der Waals surface area contributed by atoms with Crippen LogP contribution in [0.25, 0.3) is 0 Å². The first kappa shape index (κ1) is 8.08. The Morgan fingerprint density at radius 1 is 1.36 bits per heavy atom. The van der Waals surface area contributed by atoms with Crippen LogP contribution < -0.4 is 10.6 Å². The quantitative estimate of drug-likeness (QED) is 0.644. The lowest BCUT2D eigenvalue weighted by Gasteiger charge is -2.05. The lowest BCUT2D eigenvalue weighted by atomic mass is 10.2. The standard InChI is InChI=1S/C9H14N2/c1-10-7-8-5-3-4-6-9(8)11-2/h3-6,10-11H,7H2,1-2H3/p+1. The molecular weight excluding hydrogens is 136 g/mol. The number of hydrogen-bond donors (Lipinski definition) is 2. The monoisotopic (exact) mass is 151 g/mol. The average Bonchev–Trinajstić information content (AvgIpc) is 2.06. The zero-order valence-electron chi connectivity index (χ0n) is 7.09. The first-order chi connectivity index (χ1) is 5.38. The highest BCUT2D eigenvalue weighted by Crippen LogP contribution is 2.11. The van der Waals surface area contributed by atoms with E-state index in [2.05, 4.69) is 35.9 Å². The maximum Gasteiger partial charge on any atom is 0.103 e. The van der Waals surface area contributed by atoms with Crippen molar-refractivity contribution in [2.24, 2.45) is 0 Å². The molecule has 0 fully saturated rings. The summed E-state index contributed by atoms with van der Waals surface area (Å²) in [6.07, 6.45) is 0. The predicted octanol–water partition coefficient (Wildman–Crippen LogP) is 0.421. The molecule has 1 aromatic carbocycles. The number of nitrogens with two attached hydrogens (primary N) is 1. The highest BCUT2D eigenvalue weighted by atomic mass is 14.9. The number of nitrogens with one attached hydrogen (secondary N) is 1. The second-order valence-corrected chi connectivity index (χ2v) is 2.52. The van der Waals surface area contributed by atoms with Gasteiger partial charge in [-0.15, -0.1) is 0 Å². The first-order valence-electron chi connectivity index (χ1n) is 3.92. The second-order valence-electron chi connectivity index (χ2n) is 2.52. The van der Waals surface area contributed by atoms with E-state index >= 15 is 0 Å². The van der Waals surface area contributed by atoms with Gasteiger partial charge in [0.1, 0.15) is 6.54 Å². The molecule has 0 atom stereocenters. The fourth-order valence-electron chi connectivity index (χ4n) is 1.16. The molecule has 0 heterocycles. The summed E-state index contributed by atoms with van der Waals surface area (Å²) in [6.45, 7) is 1.04. The summed E-state index contributed by atoms with van der Waals surface area (Å²) < 4.78 is 0. The molecule has 0 aliphatic carbocycles. The van der Waals surface area contributed by atoms with Crippen LogP contribution in [0.2, 0.25) is 0 Å². The highest BCUT2D eigenvalue weighted by molar-refractivity contribution is 5.49. The maximum absolute atomic E-state index is 3.16. The van der Waals surface area contributed by atoms with Crippen molar-refractivity contribution >= 4 is 5.69 Å². The summed E-state index contributed by atoms with van der Waals surface area (Å²) in [5, 5.41) is 5.32. The van der Waals surface area contributed by atoms with E-state index < -0.39 is 0 Å². The second kappa shape index (κ2) is 3.98. The van der Waals surface area contributed by atoms with Crippen molar-refractivity contribution in [3.63, 3.8) is 0 Å². The van der Waals surface area contributed by atoms with Crippen LogP contribution in [0.4, 0.5) is 5.69 Å². The summed E-state index contributed by atoms with van der Waals surface area (Å²) in [4.78, 5) is 0. The minimum absolute atomic E-state index is 1.04. The van der Waals surface area contributed by atoms with Gasteiger partial charge in [0.25, 0.3) is 0 Å². The van der Waals surface area contributed by atoms with Crippen molar-refractivity contribution in [1.82, 2.24) is 0 Å². The number of benzene rings is 1. The van der Waals surface area contributed by atoms with Crippen molar-refractivity contribution in [3.05, 3.63) is 29.8 Å². The molecule has 0 saturated carbocycles. The van der Waals surface area contributed by atoms with E-state index in [4.69, 9.17) is 0 Å². The SMILES string of the molecule is CNc1ccccc1C[NH2+]C. The molecule has 0 aliphatic rings. The largest absolute Gasteiger partial charge is 0.388 e. The normalized spacial score (nSPS) is 9.64. The summed E-state index contributed by atoms with van der Waals surface area (Å²) in [5.74, 6) is 0. The van der Waals surface area contributed by atoms with Crippen LogP contribution >= 0.6 is 0 Å². The molecule has 0 aromatic heterocycles. The van der Waals surface area contributed by atoms with E-state index in [1.54, 1.807) is 0 Å². The predicted molar refractivity (Wildman–Crippen MR) is 47.5 cm³/mol. The van der Waals surface area contributed by atoms with Gasteiger partial charge in [0.15, 0.2) is 0 Å². The summed E-state index contributed by atoms with van der Waals surface area (Å²) in [7, 11) is 4.03. The summed E-state index contributed by atoms with van der Waals surface area (Å²) in [6, 6.07) is 8.36. The smallest absolute Gasteiger partial charge is 0.103 e. The molecule has 0 saturated heterocycles. The van der Waals surface area contributed by atoms with Crippen LogP contribution in [0.5, 0.6) is 0 Å². The number of hydrogen-bond acceptors (Lipinski definition) is 1. The summed E-state index contributed by atoms with van der Waals surface area (Å²) >= 11 is 0. The molecule has 0 unspecified atom stereocenters. The lowest BCUT2D eigenvalue weighted by molar-refractivity contribution is -0.643. The van der Waals surface area contributed by atoms with Crippen molar-refractivity contribution < 1.29 is 5.32 Å². The van der Waals surface area contributed by atoms with Crippen LogP contribution in [0.1, 0.15) is 5.56 Å². The minimum Gasteiger partial charge on any atom is -0.388 e. The van der Waals surface area contributed by atoms with Gasteiger partial charge in [-0.05, 0) is 6.07 Å². The van der Waals surface area contributed by atoms with Crippen LogP contribution in [0, 0.1) is 0 Å². The van der Waals surface area contributed by atoms with E-state index in [1.807, 2.05) is 13.1 Å². The van der Waals surface area contributed by atoms with Gasteiger partial charge in [0.2, 0.25) is 0 Å². The Labute approximate surface area is 67.6 Å². The number of quaternary nitrogens is 1. The first-order valence-corrected chi connectivity index (χ1v) is 3.92. The van der Waals surface area contributed by atoms with Crippen LogP contribution in [-0.4, -0.2) is 14.1 Å². The van der Waals surface area contributed by atoms with Gasteiger partial charge in [-0.2, -0.15) is 0 Å². The number of para-hydroxylation sites is 1. The average molecular weight is 151 g/mol. The molecule has 60 valence electrons. The Morgan fingerprint density at radius 3 is 2.73 bits per heavy atom. The van der Waals surface area contributed by atoms with Crippen molar-refractivity contribution in [1.29, 1.82) is 0 Å². The van der Waals surface area contributed by atoms with E-state index in [0.29, 0.717) is 0 Å². The zero-order valence-corrected chi connectivity index (χ0v) is 7.09. The van der Waals surface area contributed by atoms with Crippen LogP contribution in [0.15, 0.2) is 24.3 Å². The Hall–Kier alpha value is -1.02. The molecule has 0 radical (unpaired) electrons. The lowest BCUT2D eigenvalue weighted by Crippen LogP contribution is -2.77. The Bertz CT molecular complexity index is 221. The van der Waals surface area contributed by atoms with E-state index in [9.17, 15) is 0 Å². The Morgan fingerprint density at radius 2 is 2.09 bits per heavy atom. The van der Waals surface area contributed by atoms with Gasteiger partial charge in [-0.25, -0.2) is 0 Å². The van der Waals surface area contributed by atoms with Crippen molar-refractivity contribution in [2.45, 2.75) is 6.54 Å². The molecule has 0 aliphatic heterocycles. The van der Waals surface area contributed by atoms with Gasteiger partial charge in [0, 0.05) is 18.3 Å². The van der Waals surface area contributed by atoms with Gasteiger partial charge in [-0.1, -0.05) is 18.2 Å². The molecule has 0 spiro atoms. The topological polar surface area (TPSA) is 28.6 Å². The van der Waals surface area contributed by atoms with E-state index in [0.717, 1.165) is 6.54 Å². The Balaban J connectivity index is 2.83. The van der Waals surface area contributed by atoms with Gasteiger partial charge >= 0.3 is 0 Å². The van der Waals surface area contributed by atoms with Crippen LogP contribution in [0.3, 0.4) is 0 Å². The fourth-order valence-corrected chi connectivity index (χ4v) is 1.16. The zero-order chi connectivity index (χ0) is 8.10. The summed E-state index contributed by atoms with van der Waals surface area (Å²) in [5.41, 5.74) is 2.59. The fraction of sp³-hybridized carbons (Fsp3) is 0.333. The molecule has 0 bridgehead atoms. The maximum atomic E-state index is 3.16. The molecule has 3 N–H and O–H groups in total. The van der Waals surface area contributed by atoms with Crippen molar-refractivity contribution in [3.8, 4) is 0 Å². The molecule has 2 nitrogen and oxygen atoms in total. The number of rotatable bonds is 3. The third kappa shape index (κ3) is 1.95. The van der Waals surface area contributed by atoms with E-state index in [-0.39, 0.29) is 0 Å². The number of anilines is 1. The van der Waals surface area contributed by atoms with E-state index in [1.165, 1.54) is 11.3 Å². The van der Waals surface area contributed by atoms with Gasteiger partial charge in [-0.3, -0.25) is 0 Å².